The van der Waals surface area contributed by atoms with Gasteiger partial charge < -0.3 is 10.4 Å². The molecule has 1 saturated heterocycles. The summed E-state index contributed by atoms with van der Waals surface area (Å²) < 4.78 is 0. The molecule has 4 aliphatic rings. The highest BCUT2D eigenvalue weighted by molar-refractivity contribution is 6.10. The van der Waals surface area contributed by atoms with Crippen LogP contribution < -0.4 is 5.32 Å². The van der Waals surface area contributed by atoms with Crippen molar-refractivity contribution in [1.82, 2.24) is 4.90 Å². The van der Waals surface area contributed by atoms with Gasteiger partial charge in [0, 0.05) is 17.5 Å². The summed E-state index contributed by atoms with van der Waals surface area (Å²) in [4.78, 5) is 52.1. The van der Waals surface area contributed by atoms with Crippen molar-refractivity contribution < 1.29 is 24.3 Å². The number of hydrogen-bond acceptors (Lipinski definition) is 4. The minimum absolute atomic E-state index is 0.0317. The predicted octanol–water partition coefficient (Wildman–Crippen LogP) is 3.22. The molecule has 1 heterocycles. The number of carboxylic acids is 1. The second-order valence-electron chi connectivity index (χ2n) is 8.96. The summed E-state index contributed by atoms with van der Waals surface area (Å²) in [5.74, 6) is -3.84. The summed E-state index contributed by atoms with van der Waals surface area (Å²) in [6, 6.07) is 21.8. The number of carbonyl (C=O) groups excluding carboxylic acids is 3. The van der Waals surface area contributed by atoms with Gasteiger partial charge in [0.05, 0.1) is 17.4 Å². The summed E-state index contributed by atoms with van der Waals surface area (Å²) in [6.07, 6.45) is 0. The van der Waals surface area contributed by atoms with Crippen LogP contribution in [0.4, 0.5) is 5.69 Å². The first-order valence-electron chi connectivity index (χ1n) is 11.1. The second kappa shape index (κ2) is 7.38. The van der Waals surface area contributed by atoms with E-state index in [1.54, 1.807) is 6.07 Å². The molecule has 7 heteroatoms. The first kappa shape index (κ1) is 20.4. The maximum absolute atomic E-state index is 13.5. The number of nitrogens with zero attached hydrogens (tertiary/aromatic N) is 1. The molecule has 2 bridgehead atoms. The van der Waals surface area contributed by atoms with Gasteiger partial charge in [0.2, 0.25) is 17.7 Å². The van der Waals surface area contributed by atoms with Crippen LogP contribution in [-0.4, -0.2) is 40.2 Å². The smallest absolute Gasteiger partial charge is 0.335 e. The van der Waals surface area contributed by atoms with Gasteiger partial charge in [-0.05, 0) is 40.5 Å². The zero-order chi connectivity index (χ0) is 23.6. The zero-order valence-electron chi connectivity index (χ0n) is 18.0. The van der Waals surface area contributed by atoms with Crippen LogP contribution in [0.5, 0.6) is 0 Å². The van der Waals surface area contributed by atoms with Gasteiger partial charge in [0.15, 0.2) is 0 Å². The number of hydrogen-bond donors (Lipinski definition) is 2. The number of nitrogens with one attached hydrogen (secondary N) is 1. The molecule has 0 unspecified atom stereocenters. The molecular formula is C27H20N2O5. The SMILES string of the molecule is O=C(CN1C(=O)[C@H]2C3c4ccccc4C(c4ccccc43)[C@@H]2C1=O)Nc1cccc(C(=O)O)c1. The largest absolute Gasteiger partial charge is 0.478 e. The van der Waals surface area contributed by atoms with E-state index in [0.717, 1.165) is 27.2 Å². The normalized spacial score (nSPS) is 23.8. The molecule has 0 spiro atoms. The third kappa shape index (κ3) is 2.83. The average Bonchev–Trinajstić information content (AvgIpc) is 3.09. The first-order chi connectivity index (χ1) is 16.5. The Morgan fingerprint density at radius 2 is 1.26 bits per heavy atom. The standard InChI is InChI=1S/C27H20N2O5/c30-20(28-15-7-5-6-14(12-15)27(33)34)13-29-25(31)23-21-16-8-1-2-9-17(16)22(24(23)26(29)32)19-11-4-3-10-18(19)21/h1-12,21-24H,13H2,(H,28,30)(H,33,34)/t21?,22?,23-,24-/m0/s1. The third-order valence-corrected chi connectivity index (χ3v) is 7.23. The minimum atomic E-state index is -1.11. The van der Waals surface area contributed by atoms with Gasteiger partial charge in [0.1, 0.15) is 6.54 Å². The van der Waals surface area contributed by atoms with Crippen LogP contribution >= 0.6 is 0 Å². The molecule has 34 heavy (non-hydrogen) atoms. The van der Waals surface area contributed by atoms with Crippen LogP contribution in [0, 0.1) is 11.8 Å². The highest BCUT2D eigenvalue weighted by atomic mass is 16.4. The van der Waals surface area contributed by atoms with Crippen molar-refractivity contribution in [3.63, 3.8) is 0 Å². The van der Waals surface area contributed by atoms with Gasteiger partial charge in [-0.25, -0.2) is 4.79 Å². The Kier molecular flexibility index (Phi) is 4.42. The minimum Gasteiger partial charge on any atom is -0.478 e. The molecule has 2 atom stereocenters. The number of aromatic carboxylic acids is 1. The maximum atomic E-state index is 13.5. The van der Waals surface area contributed by atoms with Gasteiger partial charge in [-0.3, -0.25) is 19.3 Å². The topological polar surface area (TPSA) is 104 Å². The molecule has 168 valence electrons. The summed E-state index contributed by atoms with van der Waals surface area (Å²) in [5.41, 5.74) is 4.62. The molecule has 3 aromatic rings. The molecule has 7 rings (SSSR count). The van der Waals surface area contributed by atoms with Crippen LogP contribution in [0.1, 0.15) is 44.4 Å². The van der Waals surface area contributed by atoms with Crippen LogP contribution in [0.15, 0.2) is 72.8 Å². The van der Waals surface area contributed by atoms with E-state index in [1.807, 2.05) is 48.5 Å². The molecule has 7 nitrogen and oxygen atoms in total. The molecule has 3 amide bonds. The average molecular weight is 452 g/mol. The van der Waals surface area contributed by atoms with Crippen LogP contribution in [0.2, 0.25) is 0 Å². The Labute approximate surface area is 195 Å². The lowest BCUT2D eigenvalue weighted by molar-refractivity contribution is -0.142. The fourth-order valence-electron chi connectivity index (χ4n) is 5.97. The number of imide groups is 1. The number of amides is 3. The van der Waals surface area contributed by atoms with Crippen LogP contribution in [0.3, 0.4) is 0 Å². The zero-order valence-corrected chi connectivity index (χ0v) is 18.0. The van der Waals surface area contributed by atoms with Gasteiger partial charge >= 0.3 is 5.97 Å². The lowest BCUT2D eigenvalue weighted by Gasteiger charge is -2.45. The molecule has 3 aliphatic carbocycles. The van der Waals surface area contributed by atoms with Crippen molar-refractivity contribution in [2.24, 2.45) is 11.8 Å². The van der Waals surface area contributed by atoms with Gasteiger partial charge in [-0.2, -0.15) is 0 Å². The highest BCUT2D eigenvalue weighted by Crippen LogP contribution is 2.60. The van der Waals surface area contributed by atoms with E-state index in [0.29, 0.717) is 5.69 Å². The number of benzene rings is 3. The van der Waals surface area contributed by atoms with Crippen molar-refractivity contribution in [2.45, 2.75) is 11.8 Å². The summed E-state index contributed by atoms with van der Waals surface area (Å²) >= 11 is 0. The van der Waals surface area contributed by atoms with Crippen LogP contribution in [-0.2, 0) is 14.4 Å². The molecular weight excluding hydrogens is 432 g/mol. The third-order valence-electron chi connectivity index (χ3n) is 7.23. The Balaban J connectivity index is 1.31. The van der Waals surface area contributed by atoms with E-state index in [9.17, 15) is 19.2 Å². The lowest BCUT2D eigenvalue weighted by Crippen LogP contribution is -2.41. The van der Waals surface area contributed by atoms with Crippen molar-refractivity contribution in [2.75, 3.05) is 11.9 Å². The highest BCUT2D eigenvalue weighted by Gasteiger charge is 2.61. The molecule has 0 aromatic heterocycles. The van der Waals surface area contributed by atoms with Crippen molar-refractivity contribution in [3.05, 3.63) is 101 Å². The van der Waals surface area contributed by atoms with Crippen molar-refractivity contribution in [3.8, 4) is 0 Å². The Bertz CT molecular complexity index is 1280. The van der Waals surface area contributed by atoms with E-state index in [2.05, 4.69) is 5.32 Å². The number of anilines is 1. The Morgan fingerprint density at radius 3 is 1.74 bits per heavy atom. The molecule has 1 fully saturated rings. The molecule has 0 radical (unpaired) electrons. The van der Waals surface area contributed by atoms with E-state index in [1.165, 1.54) is 18.2 Å². The number of likely N-dealkylation sites (tertiary alicyclic amines) is 1. The second-order valence-corrected chi connectivity index (χ2v) is 8.96. The lowest BCUT2D eigenvalue weighted by atomic mass is 9.55. The Morgan fingerprint density at radius 1 is 0.765 bits per heavy atom. The van der Waals surface area contributed by atoms with E-state index in [4.69, 9.17) is 5.11 Å². The summed E-state index contributed by atoms with van der Waals surface area (Å²) in [6.45, 7) is -0.409. The van der Waals surface area contributed by atoms with Gasteiger partial charge in [-0.1, -0.05) is 54.6 Å². The Hall–Kier alpha value is -4.26. The summed E-state index contributed by atoms with van der Waals surface area (Å²) in [5, 5.41) is 11.8. The fraction of sp³-hybridized carbons (Fsp3) is 0.185. The van der Waals surface area contributed by atoms with Gasteiger partial charge in [-0.15, -0.1) is 0 Å². The van der Waals surface area contributed by atoms with E-state index >= 15 is 0 Å². The molecule has 3 aromatic carbocycles. The van der Waals surface area contributed by atoms with Crippen LogP contribution in [0.25, 0.3) is 0 Å². The molecule has 2 N–H and O–H groups in total. The number of carbonyl (C=O) groups is 4. The van der Waals surface area contributed by atoms with Crippen molar-refractivity contribution in [1.29, 1.82) is 0 Å². The maximum Gasteiger partial charge on any atom is 0.335 e. The first-order valence-corrected chi connectivity index (χ1v) is 11.1. The summed E-state index contributed by atoms with van der Waals surface area (Å²) in [7, 11) is 0. The van der Waals surface area contributed by atoms with Crippen molar-refractivity contribution >= 4 is 29.4 Å². The monoisotopic (exact) mass is 452 g/mol. The number of rotatable bonds is 4. The predicted molar refractivity (Wildman–Crippen MR) is 122 cm³/mol. The fourth-order valence-corrected chi connectivity index (χ4v) is 5.97. The van der Waals surface area contributed by atoms with E-state index in [-0.39, 0.29) is 29.2 Å². The quantitative estimate of drug-likeness (QED) is 0.592. The van der Waals surface area contributed by atoms with E-state index < -0.39 is 30.3 Å². The number of carboxylic acid groups (broad SMARTS) is 1. The molecule has 0 saturated carbocycles. The van der Waals surface area contributed by atoms with Gasteiger partial charge in [0.25, 0.3) is 0 Å². The molecule has 1 aliphatic heterocycles.